The number of rotatable bonds is 3. The average molecular weight is 266 g/mol. The zero-order chi connectivity index (χ0) is 14.2. The number of amides is 1. The Morgan fingerprint density at radius 1 is 1.20 bits per heavy atom. The number of benzene rings is 1. The third-order valence-corrected chi connectivity index (χ3v) is 2.62. The van der Waals surface area contributed by atoms with E-state index in [0.29, 0.717) is 12.2 Å². The highest BCUT2D eigenvalue weighted by molar-refractivity contribution is 5.92. The highest BCUT2D eigenvalue weighted by atomic mass is 16.2. The second-order valence-corrected chi connectivity index (χ2v) is 4.05. The van der Waals surface area contributed by atoms with Crippen molar-refractivity contribution < 1.29 is 9.90 Å². The Kier molecular flexibility index (Phi) is 4.87. The Balaban J connectivity index is 1.93. The van der Waals surface area contributed by atoms with Crippen molar-refractivity contribution in [2.75, 3.05) is 6.61 Å². The minimum atomic E-state index is -0.199. The maximum Gasteiger partial charge on any atom is 0.270 e. The van der Waals surface area contributed by atoms with Crippen LogP contribution in [0.2, 0.25) is 0 Å². The number of aliphatic hydroxyl groups is 1. The minimum absolute atomic E-state index is 0.151. The summed E-state index contributed by atoms with van der Waals surface area (Å²) in [6, 6.07) is 12.7. The summed E-state index contributed by atoms with van der Waals surface area (Å²) in [6.45, 7) is 0.283. The largest absolute Gasteiger partial charge is 0.384 e. The Labute approximate surface area is 117 Å². The fourth-order valence-electron chi connectivity index (χ4n) is 1.62. The van der Waals surface area contributed by atoms with E-state index < -0.39 is 0 Å². The van der Waals surface area contributed by atoms with Crippen LogP contribution in [-0.2, 0) is 6.54 Å². The molecule has 0 saturated carbocycles. The van der Waals surface area contributed by atoms with Gasteiger partial charge in [0.25, 0.3) is 5.91 Å². The smallest absolute Gasteiger partial charge is 0.270 e. The summed E-state index contributed by atoms with van der Waals surface area (Å²) in [6.07, 6.45) is 1.59. The zero-order valence-corrected chi connectivity index (χ0v) is 10.8. The molecule has 20 heavy (non-hydrogen) atoms. The van der Waals surface area contributed by atoms with Gasteiger partial charge in [0, 0.05) is 18.3 Å². The molecule has 0 spiro atoms. The number of hydrogen-bond donors (Lipinski definition) is 2. The molecule has 2 aromatic rings. The maximum absolute atomic E-state index is 11.8. The van der Waals surface area contributed by atoms with Crippen molar-refractivity contribution in [3.63, 3.8) is 0 Å². The van der Waals surface area contributed by atoms with Crippen LogP contribution in [0, 0.1) is 11.8 Å². The number of aliphatic hydroxyl groups excluding tert-OH is 1. The van der Waals surface area contributed by atoms with Gasteiger partial charge in [-0.3, -0.25) is 9.78 Å². The summed E-state index contributed by atoms with van der Waals surface area (Å²) in [7, 11) is 0. The predicted octanol–water partition coefficient (Wildman–Crippen LogP) is 1.36. The van der Waals surface area contributed by atoms with Crippen LogP contribution in [0.5, 0.6) is 0 Å². The molecule has 4 heteroatoms. The third kappa shape index (κ3) is 3.94. The van der Waals surface area contributed by atoms with Gasteiger partial charge in [0.1, 0.15) is 12.3 Å². The van der Waals surface area contributed by atoms with Crippen LogP contribution >= 0.6 is 0 Å². The lowest BCUT2D eigenvalue weighted by Crippen LogP contribution is -2.23. The molecule has 0 bridgehead atoms. The van der Waals surface area contributed by atoms with Gasteiger partial charge in [0.2, 0.25) is 0 Å². The minimum Gasteiger partial charge on any atom is -0.384 e. The van der Waals surface area contributed by atoms with Crippen molar-refractivity contribution in [1.29, 1.82) is 0 Å². The Morgan fingerprint density at radius 3 is 2.65 bits per heavy atom. The first-order valence-electron chi connectivity index (χ1n) is 6.17. The van der Waals surface area contributed by atoms with E-state index in [2.05, 4.69) is 22.1 Å². The SMILES string of the molecule is O=C(NCc1ccc(C#CCO)cc1)c1ccccn1. The van der Waals surface area contributed by atoms with Crippen LogP contribution in [0.1, 0.15) is 21.6 Å². The average Bonchev–Trinajstić information content (AvgIpc) is 2.52. The number of carbonyl (C=O) groups is 1. The van der Waals surface area contributed by atoms with E-state index in [4.69, 9.17) is 5.11 Å². The lowest BCUT2D eigenvalue weighted by molar-refractivity contribution is 0.0946. The monoisotopic (exact) mass is 266 g/mol. The summed E-state index contributed by atoms with van der Waals surface area (Å²) in [5.41, 5.74) is 2.21. The van der Waals surface area contributed by atoms with Gasteiger partial charge in [-0.2, -0.15) is 0 Å². The van der Waals surface area contributed by atoms with Gasteiger partial charge in [-0.25, -0.2) is 0 Å². The topological polar surface area (TPSA) is 62.2 Å². The summed E-state index contributed by atoms with van der Waals surface area (Å²) in [5, 5.41) is 11.4. The maximum atomic E-state index is 11.8. The summed E-state index contributed by atoms with van der Waals surface area (Å²) in [5.74, 6) is 5.20. The molecule has 1 aromatic heterocycles. The van der Waals surface area contributed by atoms with E-state index in [0.717, 1.165) is 11.1 Å². The fraction of sp³-hybridized carbons (Fsp3) is 0.125. The molecule has 0 aliphatic heterocycles. The van der Waals surface area contributed by atoms with Crippen molar-refractivity contribution in [2.45, 2.75) is 6.54 Å². The highest BCUT2D eigenvalue weighted by Crippen LogP contribution is 2.03. The van der Waals surface area contributed by atoms with Crippen LogP contribution in [0.4, 0.5) is 0 Å². The summed E-state index contributed by atoms with van der Waals surface area (Å²) in [4.78, 5) is 15.8. The van der Waals surface area contributed by atoms with Crippen molar-refractivity contribution in [1.82, 2.24) is 10.3 Å². The second kappa shape index (κ2) is 7.07. The van der Waals surface area contributed by atoms with E-state index in [-0.39, 0.29) is 12.5 Å². The number of hydrogen-bond acceptors (Lipinski definition) is 3. The number of carbonyl (C=O) groups excluding carboxylic acids is 1. The van der Waals surface area contributed by atoms with E-state index in [9.17, 15) is 4.79 Å². The third-order valence-electron chi connectivity index (χ3n) is 2.62. The normalized spacial score (nSPS) is 9.45. The Morgan fingerprint density at radius 2 is 2.00 bits per heavy atom. The molecule has 1 aromatic carbocycles. The molecular formula is C16H14N2O2. The van der Waals surface area contributed by atoms with Crippen molar-refractivity contribution in [2.24, 2.45) is 0 Å². The quantitative estimate of drug-likeness (QED) is 0.824. The fourth-order valence-corrected chi connectivity index (χ4v) is 1.62. The van der Waals surface area contributed by atoms with Gasteiger partial charge in [0.15, 0.2) is 0 Å². The van der Waals surface area contributed by atoms with Crippen LogP contribution in [0.15, 0.2) is 48.7 Å². The molecule has 0 aliphatic rings. The van der Waals surface area contributed by atoms with E-state index in [1.54, 1.807) is 24.4 Å². The number of nitrogens with zero attached hydrogens (tertiary/aromatic N) is 1. The number of pyridine rings is 1. The molecule has 0 unspecified atom stereocenters. The van der Waals surface area contributed by atoms with Gasteiger partial charge in [0.05, 0.1) is 0 Å². The van der Waals surface area contributed by atoms with Gasteiger partial charge in [-0.15, -0.1) is 0 Å². The van der Waals surface area contributed by atoms with E-state index >= 15 is 0 Å². The molecule has 1 amide bonds. The van der Waals surface area contributed by atoms with Crippen molar-refractivity contribution in [3.8, 4) is 11.8 Å². The standard InChI is InChI=1S/C16H14N2O2/c19-11-3-4-13-6-8-14(9-7-13)12-18-16(20)15-5-1-2-10-17-15/h1-2,5-10,19H,11-12H2,(H,18,20). The summed E-state index contributed by atoms with van der Waals surface area (Å²) >= 11 is 0. The molecule has 4 nitrogen and oxygen atoms in total. The lowest BCUT2D eigenvalue weighted by Gasteiger charge is -2.04. The predicted molar refractivity (Wildman–Crippen MR) is 75.8 cm³/mol. The van der Waals surface area contributed by atoms with Crippen molar-refractivity contribution >= 4 is 5.91 Å². The van der Waals surface area contributed by atoms with Crippen LogP contribution in [0.3, 0.4) is 0 Å². The molecule has 1 heterocycles. The molecule has 0 radical (unpaired) electrons. The number of aromatic nitrogens is 1. The van der Waals surface area contributed by atoms with Crippen molar-refractivity contribution in [3.05, 3.63) is 65.5 Å². The molecule has 0 aliphatic carbocycles. The van der Waals surface area contributed by atoms with Crippen LogP contribution in [0.25, 0.3) is 0 Å². The molecule has 0 fully saturated rings. The number of nitrogens with one attached hydrogen (secondary N) is 1. The Hall–Kier alpha value is -2.64. The highest BCUT2D eigenvalue weighted by Gasteiger charge is 2.05. The van der Waals surface area contributed by atoms with Gasteiger partial charge in [-0.05, 0) is 29.8 Å². The van der Waals surface area contributed by atoms with E-state index in [1.807, 2.05) is 24.3 Å². The van der Waals surface area contributed by atoms with Crippen LogP contribution < -0.4 is 5.32 Å². The molecule has 2 N–H and O–H groups in total. The molecule has 100 valence electrons. The summed E-state index contributed by atoms with van der Waals surface area (Å²) < 4.78 is 0. The van der Waals surface area contributed by atoms with E-state index in [1.165, 1.54) is 0 Å². The zero-order valence-electron chi connectivity index (χ0n) is 10.8. The molecule has 0 atom stereocenters. The second-order valence-electron chi connectivity index (χ2n) is 4.05. The Bertz CT molecular complexity index is 625. The first-order chi connectivity index (χ1) is 9.79. The van der Waals surface area contributed by atoms with Gasteiger partial charge >= 0.3 is 0 Å². The molecule has 0 saturated heterocycles. The van der Waals surface area contributed by atoms with Gasteiger partial charge in [-0.1, -0.05) is 30.0 Å². The molecular weight excluding hydrogens is 252 g/mol. The molecule has 2 rings (SSSR count). The van der Waals surface area contributed by atoms with Gasteiger partial charge < -0.3 is 10.4 Å². The first kappa shape index (κ1) is 13.8. The first-order valence-corrected chi connectivity index (χ1v) is 6.17. The lowest BCUT2D eigenvalue weighted by atomic mass is 10.1. The van der Waals surface area contributed by atoms with Crippen LogP contribution in [-0.4, -0.2) is 22.6 Å².